The highest BCUT2D eigenvalue weighted by molar-refractivity contribution is 6.01. The highest BCUT2D eigenvalue weighted by atomic mass is 16.1. The summed E-state index contributed by atoms with van der Waals surface area (Å²) < 4.78 is 0. The molecular weight excluding hydrogens is 210 g/mol. The molecule has 2 aromatic carbocycles. The maximum absolute atomic E-state index is 11.8. The fraction of sp³-hybridized carbons (Fsp3) is 0.133. The highest BCUT2D eigenvalue weighted by Gasteiger charge is 2.08. The molecule has 0 aliphatic rings. The van der Waals surface area contributed by atoms with E-state index in [1.165, 1.54) is 0 Å². The van der Waals surface area contributed by atoms with E-state index < -0.39 is 0 Å². The Morgan fingerprint density at radius 3 is 2.35 bits per heavy atom. The summed E-state index contributed by atoms with van der Waals surface area (Å²) in [5, 5.41) is 3.27. The van der Waals surface area contributed by atoms with Gasteiger partial charge in [-0.05, 0) is 24.3 Å². The number of carbonyl (C=O) groups excluding carboxylic acids is 1. The van der Waals surface area contributed by atoms with Gasteiger partial charge in [-0.2, -0.15) is 0 Å². The Morgan fingerprint density at radius 2 is 1.65 bits per heavy atom. The van der Waals surface area contributed by atoms with Crippen LogP contribution in [-0.4, -0.2) is 5.78 Å². The third-order valence-electron chi connectivity index (χ3n) is 2.60. The smallest absolute Gasteiger partial charge is 0.164 e. The summed E-state index contributed by atoms with van der Waals surface area (Å²) >= 11 is 0. The number of hydrogen-bond donors (Lipinski definition) is 1. The first-order chi connectivity index (χ1) is 8.31. The van der Waals surface area contributed by atoms with E-state index in [9.17, 15) is 4.79 Å². The van der Waals surface area contributed by atoms with E-state index in [1.807, 2.05) is 61.5 Å². The SMILES string of the molecule is CCC(=O)c1ccccc1Nc1ccccc1. The van der Waals surface area contributed by atoms with E-state index in [0.717, 1.165) is 16.9 Å². The number of carbonyl (C=O) groups is 1. The average molecular weight is 225 g/mol. The summed E-state index contributed by atoms with van der Waals surface area (Å²) in [6.45, 7) is 1.88. The van der Waals surface area contributed by atoms with Crippen molar-refractivity contribution in [3.8, 4) is 0 Å². The molecule has 0 aromatic heterocycles. The first kappa shape index (κ1) is 11.4. The third-order valence-corrected chi connectivity index (χ3v) is 2.60. The lowest BCUT2D eigenvalue weighted by Gasteiger charge is -2.10. The summed E-state index contributed by atoms with van der Waals surface area (Å²) in [7, 11) is 0. The zero-order valence-electron chi connectivity index (χ0n) is 9.81. The predicted molar refractivity (Wildman–Crippen MR) is 70.8 cm³/mol. The van der Waals surface area contributed by atoms with Crippen LogP contribution in [0.3, 0.4) is 0 Å². The summed E-state index contributed by atoms with van der Waals surface area (Å²) in [6, 6.07) is 17.5. The van der Waals surface area contributed by atoms with Gasteiger partial charge in [-0.3, -0.25) is 4.79 Å². The molecule has 0 heterocycles. The normalized spacial score (nSPS) is 9.94. The van der Waals surface area contributed by atoms with Gasteiger partial charge in [-0.25, -0.2) is 0 Å². The van der Waals surface area contributed by atoms with E-state index in [-0.39, 0.29) is 5.78 Å². The van der Waals surface area contributed by atoms with Crippen LogP contribution in [0.15, 0.2) is 54.6 Å². The molecule has 0 unspecified atom stereocenters. The lowest BCUT2D eigenvalue weighted by atomic mass is 10.1. The van der Waals surface area contributed by atoms with Crippen molar-refractivity contribution in [1.29, 1.82) is 0 Å². The molecule has 0 atom stereocenters. The molecular formula is C15H15NO. The molecule has 2 aromatic rings. The lowest BCUT2D eigenvalue weighted by molar-refractivity contribution is 0.0989. The second kappa shape index (κ2) is 5.30. The topological polar surface area (TPSA) is 29.1 Å². The Bertz CT molecular complexity index is 505. The van der Waals surface area contributed by atoms with Crippen LogP contribution >= 0.6 is 0 Å². The van der Waals surface area contributed by atoms with Crippen LogP contribution in [0.5, 0.6) is 0 Å². The molecule has 86 valence electrons. The molecule has 1 N–H and O–H groups in total. The van der Waals surface area contributed by atoms with Crippen molar-refractivity contribution in [3.63, 3.8) is 0 Å². The molecule has 0 saturated heterocycles. The first-order valence-corrected chi connectivity index (χ1v) is 5.75. The van der Waals surface area contributed by atoms with Crippen molar-refractivity contribution in [2.75, 3.05) is 5.32 Å². The van der Waals surface area contributed by atoms with Crippen LogP contribution in [0.4, 0.5) is 11.4 Å². The Labute approximate surface area is 101 Å². The highest BCUT2D eigenvalue weighted by Crippen LogP contribution is 2.21. The molecule has 0 amide bonds. The molecule has 2 nitrogen and oxygen atoms in total. The standard InChI is InChI=1S/C15H15NO/c1-2-15(17)13-10-6-7-11-14(13)16-12-8-4-3-5-9-12/h3-11,16H,2H2,1H3. The molecule has 0 saturated carbocycles. The van der Waals surface area contributed by atoms with Crippen molar-refractivity contribution < 1.29 is 4.79 Å². The molecule has 0 fully saturated rings. The third kappa shape index (κ3) is 2.72. The minimum absolute atomic E-state index is 0.157. The number of para-hydroxylation sites is 2. The Kier molecular flexibility index (Phi) is 3.55. The van der Waals surface area contributed by atoms with E-state index in [4.69, 9.17) is 0 Å². The van der Waals surface area contributed by atoms with Crippen LogP contribution in [0.1, 0.15) is 23.7 Å². The second-order valence-corrected chi connectivity index (χ2v) is 3.81. The number of nitrogens with one attached hydrogen (secondary N) is 1. The van der Waals surface area contributed by atoms with Crippen LogP contribution in [-0.2, 0) is 0 Å². The summed E-state index contributed by atoms with van der Waals surface area (Å²) in [5.74, 6) is 0.157. The van der Waals surface area contributed by atoms with Gasteiger partial charge < -0.3 is 5.32 Å². The monoisotopic (exact) mass is 225 g/mol. The molecule has 0 bridgehead atoms. The fourth-order valence-electron chi connectivity index (χ4n) is 1.70. The zero-order valence-corrected chi connectivity index (χ0v) is 9.81. The van der Waals surface area contributed by atoms with Crippen molar-refractivity contribution >= 4 is 17.2 Å². The first-order valence-electron chi connectivity index (χ1n) is 5.75. The van der Waals surface area contributed by atoms with E-state index in [1.54, 1.807) is 0 Å². The number of rotatable bonds is 4. The maximum atomic E-state index is 11.8. The number of Topliss-reactive ketones (excluding diaryl/α,β-unsaturated/α-hetero) is 1. The van der Waals surface area contributed by atoms with Crippen molar-refractivity contribution in [3.05, 3.63) is 60.2 Å². The van der Waals surface area contributed by atoms with Crippen LogP contribution in [0, 0.1) is 0 Å². The molecule has 17 heavy (non-hydrogen) atoms. The van der Waals surface area contributed by atoms with E-state index >= 15 is 0 Å². The second-order valence-electron chi connectivity index (χ2n) is 3.81. The van der Waals surface area contributed by atoms with Gasteiger partial charge >= 0.3 is 0 Å². The van der Waals surface area contributed by atoms with Gasteiger partial charge in [-0.1, -0.05) is 37.3 Å². The van der Waals surface area contributed by atoms with Gasteiger partial charge in [0.05, 0.1) is 0 Å². The van der Waals surface area contributed by atoms with Gasteiger partial charge in [0.15, 0.2) is 5.78 Å². The van der Waals surface area contributed by atoms with Crippen LogP contribution in [0.2, 0.25) is 0 Å². The minimum atomic E-state index is 0.157. The van der Waals surface area contributed by atoms with Gasteiger partial charge in [0.2, 0.25) is 0 Å². The summed E-state index contributed by atoms with van der Waals surface area (Å²) in [4.78, 5) is 11.8. The number of anilines is 2. The fourth-order valence-corrected chi connectivity index (χ4v) is 1.70. The molecule has 2 rings (SSSR count). The molecule has 0 radical (unpaired) electrons. The van der Waals surface area contributed by atoms with Gasteiger partial charge in [0.25, 0.3) is 0 Å². The van der Waals surface area contributed by atoms with Gasteiger partial charge in [0.1, 0.15) is 0 Å². The Balaban J connectivity index is 2.30. The summed E-state index contributed by atoms with van der Waals surface area (Å²) in [6.07, 6.45) is 0.521. The molecule has 0 aliphatic carbocycles. The molecule has 0 spiro atoms. The van der Waals surface area contributed by atoms with Crippen LogP contribution < -0.4 is 5.32 Å². The lowest BCUT2D eigenvalue weighted by Crippen LogP contribution is -2.02. The average Bonchev–Trinajstić information content (AvgIpc) is 2.40. The Hall–Kier alpha value is -2.09. The Morgan fingerprint density at radius 1 is 1.00 bits per heavy atom. The maximum Gasteiger partial charge on any atom is 0.164 e. The minimum Gasteiger partial charge on any atom is -0.355 e. The van der Waals surface area contributed by atoms with E-state index in [2.05, 4.69) is 5.32 Å². The van der Waals surface area contributed by atoms with E-state index in [0.29, 0.717) is 6.42 Å². The van der Waals surface area contributed by atoms with Crippen LogP contribution in [0.25, 0.3) is 0 Å². The quantitative estimate of drug-likeness (QED) is 0.796. The zero-order chi connectivity index (χ0) is 12.1. The summed E-state index contributed by atoms with van der Waals surface area (Å²) in [5.41, 5.74) is 2.60. The van der Waals surface area contributed by atoms with Crippen molar-refractivity contribution in [2.45, 2.75) is 13.3 Å². The predicted octanol–water partition coefficient (Wildman–Crippen LogP) is 4.02. The van der Waals surface area contributed by atoms with Gasteiger partial charge in [0, 0.05) is 23.4 Å². The van der Waals surface area contributed by atoms with Crippen molar-refractivity contribution in [1.82, 2.24) is 0 Å². The van der Waals surface area contributed by atoms with Crippen molar-refractivity contribution in [2.24, 2.45) is 0 Å². The number of benzene rings is 2. The largest absolute Gasteiger partial charge is 0.355 e. The number of hydrogen-bond acceptors (Lipinski definition) is 2. The number of ketones is 1. The molecule has 2 heteroatoms. The molecule has 0 aliphatic heterocycles. The van der Waals surface area contributed by atoms with Gasteiger partial charge in [-0.15, -0.1) is 0 Å².